The average Bonchev–Trinajstić information content (AvgIpc) is 2.38. The lowest BCUT2D eigenvalue weighted by Gasteiger charge is -2.12. The van der Waals surface area contributed by atoms with Crippen molar-refractivity contribution in [2.45, 2.75) is 20.0 Å². The molecular formula is C16H13ClF3N. The van der Waals surface area contributed by atoms with Gasteiger partial charge in [0.05, 0.1) is 10.7 Å². The number of halogens is 4. The lowest BCUT2D eigenvalue weighted by atomic mass is 10.1. The van der Waals surface area contributed by atoms with E-state index in [1.165, 1.54) is 18.2 Å². The van der Waals surface area contributed by atoms with Crippen molar-refractivity contribution in [2.75, 3.05) is 0 Å². The molecule has 0 saturated carbocycles. The van der Waals surface area contributed by atoms with E-state index in [0.717, 1.165) is 11.1 Å². The van der Waals surface area contributed by atoms with Gasteiger partial charge in [-0.05, 0) is 31.5 Å². The standard InChI is InChI=1S/C16H13ClF3N/c1-10-3-6-12(7-4-10)15(16(18,19)20)21-14-8-5-11(2)9-13(14)17/h3-9H,1-2H3. The molecule has 110 valence electrons. The van der Waals surface area contributed by atoms with E-state index in [-0.39, 0.29) is 16.3 Å². The fraction of sp³-hybridized carbons (Fsp3) is 0.188. The smallest absolute Gasteiger partial charge is 0.242 e. The highest BCUT2D eigenvalue weighted by atomic mass is 35.5. The Morgan fingerprint density at radius 1 is 0.952 bits per heavy atom. The Morgan fingerprint density at radius 2 is 1.52 bits per heavy atom. The van der Waals surface area contributed by atoms with E-state index in [0.29, 0.717) is 0 Å². The van der Waals surface area contributed by atoms with Crippen molar-refractivity contribution in [1.29, 1.82) is 0 Å². The largest absolute Gasteiger partial charge is 0.433 e. The van der Waals surface area contributed by atoms with Crippen molar-refractivity contribution < 1.29 is 13.2 Å². The monoisotopic (exact) mass is 311 g/mol. The molecule has 0 saturated heterocycles. The Hall–Kier alpha value is -1.81. The van der Waals surface area contributed by atoms with E-state index in [4.69, 9.17) is 11.6 Å². The number of benzene rings is 2. The highest BCUT2D eigenvalue weighted by molar-refractivity contribution is 6.33. The Balaban J connectivity index is 2.55. The first kappa shape index (κ1) is 15.6. The molecule has 0 heterocycles. The summed E-state index contributed by atoms with van der Waals surface area (Å²) < 4.78 is 39.7. The summed E-state index contributed by atoms with van der Waals surface area (Å²) in [5.74, 6) is 0. The zero-order chi connectivity index (χ0) is 15.6. The first-order valence-electron chi connectivity index (χ1n) is 6.26. The minimum atomic E-state index is -4.55. The summed E-state index contributed by atoms with van der Waals surface area (Å²) in [5.41, 5.74) is 0.921. The summed E-state index contributed by atoms with van der Waals surface area (Å²) in [6.07, 6.45) is -4.55. The van der Waals surface area contributed by atoms with E-state index < -0.39 is 11.9 Å². The van der Waals surface area contributed by atoms with Crippen LogP contribution in [0.4, 0.5) is 18.9 Å². The first-order valence-corrected chi connectivity index (χ1v) is 6.64. The third kappa shape index (κ3) is 3.85. The van der Waals surface area contributed by atoms with E-state index in [9.17, 15) is 13.2 Å². The van der Waals surface area contributed by atoms with Crippen LogP contribution in [0.5, 0.6) is 0 Å². The zero-order valence-electron chi connectivity index (χ0n) is 11.5. The summed E-state index contributed by atoms with van der Waals surface area (Å²) in [6, 6.07) is 10.8. The maximum absolute atomic E-state index is 13.2. The number of hydrogen-bond acceptors (Lipinski definition) is 1. The molecule has 1 nitrogen and oxygen atoms in total. The second kappa shape index (κ2) is 5.90. The van der Waals surface area contributed by atoms with Gasteiger partial charge in [0.1, 0.15) is 0 Å². The summed E-state index contributed by atoms with van der Waals surface area (Å²) >= 11 is 5.96. The van der Waals surface area contributed by atoms with Gasteiger partial charge < -0.3 is 0 Å². The van der Waals surface area contributed by atoms with Gasteiger partial charge in [-0.15, -0.1) is 0 Å². The second-order valence-corrected chi connectivity index (χ2v) is 5.19. The van der Waals surface area contributed by atoms with Crippen LogP contribution >= 0.6 is 11.6 Å². The summed E-state index contributed by atoms with van der Waals surface area (Å²) in [6.45, 7) is 3.62. The molecule has 21 heavy (non-hydrogen) atoms. The molecular weight excluding hydrogens is 299 g/mol. The molecule has 0 amide bonds. The highest BCUT2D eigenvalue weighted by Gasteiger charge is 2.36. The number of aryl methyl sites for hydroxylation is 2. The second-order valence-electron chi connectivity index (χ2n) is 4.78. The molecule has 0 atom stereocenters. The molecule has 0 aliphatic rings. The number of alkyl halides is 3. The molecule has 0 N–H and O–H groups in total. The van der Waals surface area contributed by atoms with Crippen molar-refractivity contribution >= 4 is 23.0 Å². The van der Waals surface area contributed by atoms with E-state index in [2.05, 4.69) is 4.99 Å². The van der Waals surface area contributed by atoms with Crippen LogP contribution in [-0.2, 0) is 0 Å². The van der Waals surface area contributed by atoms with Crippen molar-refractivity contribution in [3.05, 3.63) is 64.2 Å². The Kier molecular flexibility index (Phi) is 4.37. The molecule has 0 bridgehead atoms. The van der Waals surface area contributed by atoms with Crippen LogP contribution in [0.1, 0.15) is 16.7 Å². The molecule has 0 spiro atoms. The predicted molar refractivity (Wildman–Crippen MR) is 79.6 cm³/mol. The normalized spacial score (nSPS) is 12.6. The fourth-order valence-corrected chi connectivity index (χ4v) is 2.10. The summed E-state index contributed by atoms with van der Waals surface area (Å²) in [5, 5.41) is 0.198. The third-order valence-corrected chi connectivity index (χ3v) is 3.23. The van der Waals surface area contributed by atoms with Crippen LogP contribution in [0.15, 0.2) is 47.5 Å². The lowest BCUT2D eigenvalue weighted by molar-refractivity contribution is -0.0579. The highest BCUT2D eigenvalue weighted by Crippen LogP contribution is 2.30. The molecule has 0 radical (unpaired) electrons. The van der Waals surface area contributed by atoms with Gasteiger partial charge in [0.15, 0.2) is 5.71 Å². The minimum absolute atomic E-state index is 0.0183. The molecule has 0 fully saturated rings. The molecule has 2 rings (SSSR count). The van der Waals surface area contributed by atoms with Gasteiger partial charge in [-0.25, -0.2) is 4.99 Å². The molecule has 0 unspecified atom stereocenters. The topological polar surface area (TPSA) is 12.4 Å². The minimum Gasteiger partial charge on any atom is -0.242 e. The van der Waals surface area contributed by atoms with Gasteiger partial charge in [-0.2, -0.15) is 13.2 Å². The van der Waals surface area contributed by atoms with Crippen molar-refractivity contribution in [3.8, 4) is 0 Å². The van der Waals surface area contributed by atoms with E-state index >= 15 is 0 Å². The molecule has 0 aliphatic heterocycles. The van der Waals surface area contributed by atoms with Gasteiger partial charge >= 0.3 is 6.18 Å². The maximum atomic E-state index is 13.2. The SMILES string of the molecule is Cc1ccc(C(=Nc2ccc(C)cc2Cl)C(F)(F)F)cc1. The van der Waals surface area contributed by atoms with Gasteiger partial charge in [0.25, 0.3) is 0 Å². The Bertz CT molecular complexity index is 673. The van der Waals surface area contributed by atoms with Crippen LogP contribution in [0.25, 0.3) is 0 Å². The zero-order valence-corrected chi connectivity index (χ0v) is 12.3. The number of aliphatic imine (C=N–C) groups is 1. The quantitative estimate of drug-likeness (QED) is 0.636. The number of hydrogen-bond donors (Lipinski definition) is 0. The van der Waals surface area contributed by atoms with Gasteiger partial charge in [-0.1, -0.05) is 47.5 Å². The van der Waals surface area contributed by atoms with Crippen molar-refractivity contribution in [1.82, 2.24) is 0 Å². The van der Waals surface area contributed by atoms with E-state index in [1.807, 2.05) is 13.8 Å². The van der Waals surface area contributed by atoms with Gasteiger partial charge in [0.2, 0.25) is 0 Å². The molecule has 0 aromatic heterocycles. The van der Waals surface area contributed by atoms with Crippen LogP contribution in [0.2, 0.25) is 5.02 Å². The lowest BCUT2D eigenvalue weighted by Crippen LogP contribution is -2.23. The van der Waals surface area contributed by atoms with E-state index in [1.54, 1.807) is 24.3 Å². The van der Waals surface area contributed by atoms with Crippen molar-refractivity contribution in [3.63, 3.8) is 0 Å². The fourth-order valence-electron chi connectivity index (χ4n) is 1.83. The van der Waals surface area contributed by atoms with Crippen LogP contribution in [-0.4, -0.2) is 11.9 Å². The number of nitrogens with zero attached hydrogens (tertiary/aromatic N) is 1. The summed E-state index contributed by atoms with van der Waals surface area (Å²) in [4.78, 5) is 3.73. The van der Waals surface area contributed by atoms with Crippen molar-refractivity contribution in [2.24, 2.45) is 4.99 Å². The van der Waals surface area contributed by atoms with Gasteiger partial charge in [0, 0.05) is 5.56 Å². The third-order valence-electron chi connectivity index (χ3n) is 2.93. The molecule has 2 aromatic carbocycles. The number of rotatable bonds is 2. The molecule has 2 aromatic rings. The van der Waals surface area contributed by atoms with Gasteiger partial charge in [-0.3, -0.25) is 0 Å². The summed E-state index contributed by atoms with van der Waals surface area (Å²) in [7, 11) is 0. The maximum Gasteiger partial charge on any atom is 0.433 e. The Morgan fingerprint density at radius 3 is 2.05 bits per heavy atom. The average molecular weight is 312 g/mol. The first-order chi connectivity index (χ1) is 9.77. The molecule has 5 heteroatoms. The van der Waals surface area contributed by atoms with Crippen LogP contribution < -0.4 is 0 Å². The molecule has 0 aliphatic carbocycles. The Labute approximate surface area is 126 Å². The predicted octanol–water partition coefficient (Wildman–Crippen LogP) is 5.64. The van der Waals surface area contributed by atoms with Crippen LogP contribution in [0, 0.1) is 13.8 Å². The van der Waals surface area contributed by atoms with Crippen LogP contribution in [0.3, 0.4) is 0 Å².